The summed E-state index contributed by atoms with van der Waals surface area (Å²) in [6.07, 6.45) is 6.39. The maximum atomic E-state index is 12.4. The average Bonchev–Trinajstić information content (AvgIpc) is 3.46. The SMILES string of the molecule is Cc1ccc(-c2ccc(/C=C/C(=O)Nc3ccc4oc(-c5cncc(Br)c5)nc4c3)o2)cc1Cl. The van der Waals surface area contributed by atoms with Crippen LogP contribution in [0.1, 0.15) is 11.3 Å². The molecule has 8 heteroatoms. The number of benzene rings is 2. The number of furan rings is 1. The van der Waals surface area contributed by atoms with Crippen LogP contribution in [-0.2, 0) is 4.79 Å². The number of pyridine rings is 1. The lowest BCUT2D eigenvalue weighted by atomic mass is 10.1. The first-order chi connectivity index (χ1) is 16.4. The molecule has 5 aromatic rings. The molecule has 1 amide bonds. The Morgan fingerprint density at radius 3 is 2.74 bits per heavy atom. The molecule has 5 rings (SSSR count). The van der Waals surface area contributed by atoms with Crippen molar-refractivity contribution in [3.05, 3.63) is 93.9 Å². The molecule has 3 aromatic heterocycles. The Kier molecular flexibility index (Phi) is 6.04. The predicted octanol–water partition coefficient (Wildman–Crippen LogP) is 7.53. The normalized spacial score (nSPS) is 11.4. The minimum atomic E-state index is -0.296. The molecule has 0 unspecified atom stereocenters. The van der Waals surface area contributed by atoms with Crippen molar-refractivity contribution in [1.29, 1.82) is 0 Å². The highest BCUT2D eigenvalue weighted by molar-refractivity contribution is 9.10. The number of hydrogen-bond acceptors (Lipinski definition) is 5. The molecule has 0 aliphatic heterocycles. The number of aryl methyl sites for hydroxylation is 1. The maximum absolute atomic E-state index is 12.4. The van der Waals surface area contributed by atoms with E-state index >= 15 is 0 Å². The lowest BCUT2D eigenvalue weighted by molar-refractivity contribution is -0.111. The van der Waals surface area contributed by atoms with Gasteiger partial charge < -0.3 is 14.2 Å². The Labute approximate surface area is 208 Å². The van der Waals surface area contributed by atoms with Gasteiger partial charge in [0.25, 0.3) is 0 Å². The van der Waals surface area contributed by atoms with Crippen molar-refractivity contribution in [3.63, 3.8) is 0 Å². The molecule has 1 N–H and O–H groups in total. The van der Waals surface area contributed by atoms with Crippen LogP contribution in [0.25, 0.3) is 40.0 Å². The average molecular weight is 535 g/mol. The molecule has 0 saturated carbocycles. The zero-order valence-corrected chi connectivity index (χ0v) is 20.2. The van der Waals surface area contributed by atoms with Crippen LogP contribution in [0.5, 0.6) is 0 Å². The molecule has 0 bridgehead atoms. The molecule has 3 heterocycles. The van der Waals surface area contributed by atoms with Crippen molar-refractivity contribution in [3.8, 4) is 22.8 Å². The van der Waals surface area contributed by atoms with Gasteiger partial charge in [0.1, 0.15) is 17.0 Å². The molecule has 2 aromatic carbocycles. The monoisotopic (exact) mass is 533 g/mol. The van der Waals surface area contributed by atoms with Crippen LogP contribution in [-0.4, -0.2) is 15.9 Å². The van der Waals surface area contributed by atoms with Gasteiger partial charge in [-0.1, -0.05) is 23.7 Å². The number of nitrogens with one attached hydrogen (secondary N) is 1. The lowest BCUT2D eigenvalue weighted by Gasteiger charge is -2.01. The highest BCUT2D eigenvalue weighted by Gasteiger charge is 2.11. The van der Waals surface area contributed by atoms with E-state index in [0.717, 1.165) is 21.2 Å². The number of rotatable bonds is 5. The first-order valence-corrected chi connectivity index (χ1v) is 11.5. The fraction of sp³-hybridized carbons (Fsp3) is 0.0385. The molecule has 0 aliphatic rings. The van der Waals surface area contributed by atoms with E-state index in [4.69, 9.17) is 20.4 Å². The molecule has 34 heavy (non-hydrogen) atoms. The standard InChI is InChI=1S/C26H17BrClN3O3/c1-15-2-3-16(11-21(15)28)23-8-5-20(33-23)6-9-25(32)30-19-4-7-24-22(12-19)31-26(34-24)17-10-18(27)14-29-13-17/h2-14H,1H3,(H,30,32)/b9-6+. The number of fused-ring (bicyclic) bond motifs is 1. The predicted molar refractivity (Wildman–Crippen MR) is 136 cm³/mol. The summed E-state index contributed by atoms with van der Waals surface area (Å²) in [5, 5.41) is 3.50. The fourth-order valence-corrected chi connectivity index (χ4v) is 3.89. The van der Waals surface area contributed by atoms with E-state index in [1.54, 1.807) is 42.7 Å². The molecule has 0 atom stereocenters. The van der Waals surface area contributed by atoms with Crippen molar-refractivity contribution in [2.75, 3.05) is 5.32 Å². The van der Waals surface area contributed by atoms with Crippen LogP contribution < -0.4 is 5.32 Å². The van der Waals surface area contributed by atoms with E-state index in [2.05, 4.69) is 31.2 Å². The summed E-state index contributed by atoms with van der Waals surface area (Å²) < 4.78 is 12.5. The minimum Gasteiger partial charge on any atom is -0.457 e. The second-order valence-electron chi connectivity index (χ2n) is 7.58. The molecule has 168 valence electrons. The first kappa shape index (κ1) is 22.1. The number of aromatic nitrogens is 2. The first-order valence-electron chi connectivity index (χ1n) is 10.3. The number of anilines is 1. The van der Waals surface area contributed by atoms with Crippen LogP contribution >= 0.6 is 27.5 Å². The molecule has 0 aliphatic carbocycles. The highest BCUT2D eigenvalue weighted by Crippen LogP contribution is 2.28. The summed E-state index contributed by atoms with van der Waals surface area (Å²) in [6, 6.07) is 16.5. The zero-order chi connectivity index (χ0) is 23.7. The molecule has 6 nitrogen and oxygen atoms in total. The van der Waals surface area contributed by atoms with Gasteiger partial charge in [-0.2, -0.15) is 0 Å². The number of oxazole rings is 1. The third kappa shape index (κ3) is 4.81. The fourth-order valence-electron chi connectivity index (χ4n) is 3.34. The van der Waals surface area contributed by atoms with Gasteiger partial charge in [0, 0.05) is 39.2 Å². The number of hydrogen-bond donors (Lipinski definition) is 1. The van der Waals surface area contributed by atoms with Crippen molar-refractivity contribution < 1.29 is 13.6 Å². The number of halogens is 2. The molecular formula is C26H17BrClN3O3. The lowest BCUT2D eigenvalue weighted by Crippen LogP contribution is -2.07. The third-order valence-electron chi connectivity index (χ3n) is 5.09. The molecule has 0 fully saturated rings. The molecule has 0 saturated heterocycles. The smallest absolute Gasteiger partial charge is 0.248 e. The van der Waals surface area contributed by atoms with E-state index in [-0.39, 0.29) is 5.91 Å². The van der Waals surface area contributed by atoms with Gasteiger partial charge in [0.15, 0.2) is 5.58 Å². The van der Waals surface area contributed by atoms with Gasteiger partial charge in [-0.25, -0.2) is 4.98 Å². The van der Waals surface area contributed by atoms with E-state index < -0.39 is 0 Å². The van der Waals surface area contributed by atoms with E-state index in [9.17, 15) is 4.79 Å². The van der Waals surface area contributed by atoms with Gasteiger partial charge in [0.05, 0.1) is 5.56 Å². The van der Waals surface area contributed by atoms with Crippen molar-refractivity contribution >= 4 is 56.3 Å². The van der Waals surface area contributed by atoms with Gasteiger partial charge in [-0.05, 0) is 77.0 Å². The Morgan fingerprint density at radius 1 is 1.03 bits per heavy atom. The summed E-state index contributed by atoms with van der Waals surface area (Å²) in [6.45, 7) is 1.94. The maximum Gasteiger partial charge on any atom is 0.248 e. The Morgan fingerprint density at radius 2 is 1.91 bits per heavy atom. The largest absolute Gasteiger partial charge is 0.457 e. The summed E-state index contributed by atoms with van der Waals surface area (Å²) >= 11 is 9.60. The number of carbonyl (C=O) groups excluding carboxylic acids is 1. The number of carbonyl (C=O) groups is 1. The number of amides is 1. The van der Waals surface area contributed by atoms with Crippen LogP contribution in [0.4, 0.5) is 5.69 Å². The van der Waals surface area contributed by atoms with E-state index in [1.165, 1.54) is 6.08 Å². The Hall–Kier alpha value is -3.68. The van der Waals surface area contributed by atoms with E-state index in [1.807, 2.05) is 37.3 Å². The van der Waals surface area contributed by atoms with Gasteiger partial charge in [-0.3, -0.25) is 9.78 Å². The second-order valence-corrected chi connectivity index (χ2v) is 8.90. The third-order valence-corrected chi connectivity index (χ3v) is 5.93. The summed E-state index contributed by atoms with van der Waals surface area (Å²) in [7, 11) is 0. The van der Waals surface area contributed by atoms with Gasteiger partial charge in [0.2, 0.25) is 11.8 Å². The molecule has 0 radical (unpaired) electrons. The Balaban J connectivity index is 1.28. The minimum absolute atomic E-state index is 0.296. The van der Waals surface area contributed by atoms with Crippen molar-refractivity contribution in [2.24, 2.45) is 0 Å². The molecule has 0 spiro atoms. The van der Waals surface area contributed by atoms with Crippen molar-refractivity contribution in [2.45, 2.75) is 6.92 Å². The summed E-state index contributed by atoms with van der Waals surface area (Å²) in [5.41, 5.74) is 4.47. The van der Waals surface area contributed by atoms with Gasteiger partial charge in [-0.15, -0.1) is 0 Å². The highest BCUT2D eigenvalue weighted by atomic mass is 79.9. The van der Waals surface area contributed by atoms with Gasteiger partial charge >= 0.3 is 0 Å². The summed E-state index contributed by atoms with van der Waals surface area (Å²) in [5.74, 6) is 1.39. The quantitative estimate of drug-likeness (QED) is 0.236. The second kappa shape index (κ2) is 9.29. The van der Waals surface area contributed by atoms with E-state index in [0.29, 0.717) is 39.2 Å². The van der Waals surface area contributed by atoms with Crippen molar-refractivity contribution in [1.82, 2.24) is 9.97 Å². The van der Waals surface area contributed by atoms with Crippen LogP contribution in [0.3, 0.4) is 0 Å². The number of nitrogens with zero attached hydrogens (tertiary/aromatic N) is 2. The molecular weight excluding hydrogens is 518 g/mol. The van der Waals surface area contributed by atoms with Crippen LogP contribution in [0, 0.1) is 6.92 Å². The summed E-state index contributed by atoms with van der Waals surface area (Å²) in [4.78, 5) is 21.1. The van der Waals surface area contributed by atoms with Crippen LogP contribution in [0.2, 0.25) is 5.02 Å². The Bertz CT molecular complexity index is 1550. The zero-order valence-electron chi connectivity index (χ0n) is 17.9. The van der Waals surface area contributed by atoms with Crippen LogP contribution in [0.15, 0.2) is 86.4 Å². The topological polar surface area (TPSA) is 81.2 Å².